The Morgan fingerprint density at radius 1 is 0.765 bits per heavy atom. The van der Waals surface area contributed by atoms with E-state index < -0.39 is 85.2 Å². The molecule has 0 fully saturated rings. The Morgan fingerprint density at radius 3 is 1.76 bits per heavy atom. The van der Waals surface area contributed by atoms with Crippen LogP contribution in [0.25, 0.3) is 0 Å². The first-order chi connectivity index (χ1) is 15.8. The second-order valence-electron chi connectivity index (χ2n) is 7.60. The number of nitrogens with one attached hydrogen (secondary N) is 3. The highest BCUT2D eigenvalue weighted by Crippen LogP contribution is 2.06. The van der Waals surface area contributed by atoms with Gasteiger partial charge in [-0.15, -0.1) is 0 Å². The summed E-state index contributed by atoms with van der Waals surface area (Å²) in [4.78, 5) is 70.7. The monoisotopic (exact) mass is 491 g/mol. The number of carboxylic acids is 3. The van der Waals surface area contributed by atoms with Crippen LogP contribution in [-0.4, -0.2) is 92.9 Å². The molecule has 5 unspecified atom stereocenters. The lowest BCUT2D eigenvalue weighted by molar-refractivity contribution is -0.144. The number of unbranched alkanes of at least 4 members (excludes halogenated alkanes) is 1. The fraction of sp³-hybridized carbons (Fsp3) is 0.684. The van der Waals surface area contributed by atoms with Crippen LogP contribution in [0.15, 0.2) is 0 Å². The van der Waals surface area contributed by atoms with Crippen molar-refractivity contribution in [2.24, 2.45) is 11.5 Å². The molecule has 0 saturated carbocycles. The number of carbonyl (C=O) groups excluding carboxylic acids is 3. The number of aliphatic hydroxyl groups excluding tert-OH is 1. The van der Waals surface area contributed by atoms with Gasteiger partial charge in [-0.1, -0.05) is 0 Å². The van der Waals surface area contributed by atoms with Crippen LogP contribution < -0.4 is 27.4 Å². The number of hydrogen-bond donors (Lipinski definition) is 9. The molecule has 15 heteroatoms. The molecule has 0 bridgehead atoms. The molecule has 0 radical (unpaired) electrons. The molecule has 5 atom stereocenters. The molecule has 0 aromatic rings. The van der Waals surface area contributed by atoms with Gasteiger partial charge in [0.05, 0.1) is 12.5 Å². The first-order valence-corrected chi connectivity index (χ1v) is 10.5. The third kappa shape index (κ3) is 12.1. The molecule has 0 aromatic carbocycles. The maximum absolute atomic E-state index is 12.7. The van der Waals surface area contributed by atoms with Crippen LogP contribution in [0.5, 0.6) is 0 Å². The Hall–Kier alpha value is -3.30. The average Bonchev–Trinajstić information content (AvgIpc) is 2.73. The third-order valence-electron chi connectivity index (χ3n) is 4.68. The Kier molecular flexibility index (Phi) is 14.0. The number of amides is 3. The van der Waals surface area contributed by atoms with Crippen LogP contribution >= 0.6 is 0 Å². The zero-order valence-corrected chi connectivity index (χ0v) is 18.7. The molecule has 3 amide bonds. The van der Waals surface area contributed by atoms with Crippen molar-refractivity contribution in [2.75, 3.05) is 6.54 Å². The van der Waals surface area contributed by atoms with Gasteiger partial charge in [0, 0.05) is 6.42 Å². The number of rotatable bonds is 17. The number of nitrogens with two attached hydrogens (primary N) is 2. The SMILES string of the molecule is CC(O)C(N)C(=O)NC(CC(=O)O)C(=O)NC(CCCCN)C(=O)NC(CCC(=O)O)C(=O)O. The lowest BCUT2D eigenvalue weighted by Gasteiger charge is -2.25. The second kappa shape index (κ2) is 15.5. The van der Waals surface area contributed by atoms with Gasteiger partial charge in [-0.3, -0.25) is 24.0 Å². The van der Waals surface area contributed by atoms with Crippen LogP contribution in [0.1, 0.15) is 45.4 Å². The molecule has 0 rings (SSSR count). The Morgan fingerprint density at radius 2 is 1.29 bits per heavy atom. The van der Waals surface area contributed by atoms with Gasteiger partial charge in [-0.25, -0.2) is 4.79 Å². The quantitative estimate of drug-likeness (QED) is 0.0905. The Labute approximate surface area is 195 Å². The smallest absolute Gasteiger partial charge is 0.326 e. The summed E-state index contributed by atoms with van der Waals surface area (Å²) in [7, 11) is 0. The van der Waals surface area contributed by atoms with Gasteiger partial charge in [0.15, 0.2) is 0 Å². The fourth-order valence-corrected chi connectivity index (χ4v) is 2.70. The third-order valence-corrected chi connectivity index (χ3v) is 4.68. The molecule has 0 saturated heterocycles. The average molecular weight is 491 g/mol. The Balaban J connectivity index is 5.55. The van der Waals surface area contributed by atoms with Crippen LogP contribution in [-0.2, 0) is 28.8 Å². The number of aliphatic hydroxyl groups is 1. The highest BCUT2D eigenvalue weighted by atomic mass is 16.4. The zero-order chi connectivity index (χ0) is 26.4. The van der Waals surface area contributed by atoms with Crippen molar-refractivity contribution in [1.29, 1.82) is 0 Å². The lowest BCUT2D eigenvalue weighted by atomic mass is 10.1. The summed E-state index contributed by atoms with van der Waals surface area (Å²) in [6.45, 7) is 1.49. The van der Waals surface area contributed by atoms with E-state index in [1.54, 1.807) is 0 Å². The minimum atomic E-state index is -1.65. The molecule has 194 valence electrons. The number of carbonyl (C=O) groups is 6. The minimum Gasteiger partial charge on any atom is -0.481 e. The summed E-state index contributed by atoms with van der Waals surface area (Å²) in [5.74, 6) is -7.20. The first-order valence-electron chi connectivity index (χ1n) is 10.5. The van der Waals surface area contributed by atoms with E-state index in [9.17, 15) is 39.0 Å². The van der Waals surface area contributed by atoms with E-state index in [1.807, 2.05) is 0 Å². The molecule has 0 aliphatic carbocycles. The van der Waals surface area contributed by atoms with Gasteiger partial charge in [-0.2, -0.15) is 0 Å². The van der Waals surface area contributed by atoms with E-state index in [2.05, 4.69) is 16.0 Å². The lowest BCUT2D eigenvalue weighted by Crippen LogP contribution is -2.58. The summed E-state index contributed by atoms with van der Waals surface area (Å²) in [6, 6.07) is -5.97. The van der Waals surface area contributed by atoms with Crippen LogP contribution in [0.2, 0.25) is 0 Å². The van der Waals surface area contributed by atoms with Crippen molar-refractivity contribution < 1.29 is 49.2 Å². The molecule has 0 aliphatic heterocycles. The van der Waals surface area contributed by atoms with Gasteiger partial charge in [0.2, 0.25) is 17.7 Å². The van der Waals surface area contributed by atoms with E-state index in [0.717, 1.165) is 0 Å². The van der Waals surface area contributed by atoms with Crippen molar-refractivity contribution in [2.45, 2.75) is 75.7 Å². The second-order valence-corrected chi connectivity index (χ2v) is 7.60. The van der Waals surface area contributed by atoms with Crippen LogP contribution in [0.3, 0.4) is 0 Å². The highest BCUT2D eigenvalue weighted by Gasteiger charge is 2.32. The maximum atomic E-state index is 12.7. The molecular weight excluding hydrogens is 458 g/mol. The largest absolute Gasteiger partial charge is 0.481 e. The fourth-order valence-electron chi connectivity index (χ4n) is 2.70. The zero-order valence-electron chi connectivity index (χ0n) is 18.7. The molecule has 0 aromatic heterocycles. The molecular formula is C19H33N5O10. The topological polar surface area (TPSA) is 271 Å². The van der Waals surface area contributed by atoms with Crippen molar-refractivity contribution in [1.82, 2.24) is 16.0 Å². The summed E-state index contributed by atoms with van der Waals surface area (Å²) in [6.07, 6.45) is -2.29. The molecule has 0 heterocycles. The number of aliphatic carboxylic acids is 3. The van der Waals surface area contributed by atoms with E-state index in [1.165, 1.54) is 6.92 Å². The van der Waals surface area contributed by atoms with Gasteiger partial charge in [0.25, 0.3) is 0 Å². The molecule has 0 spiro atoms. The highest BCUT2D eigenvalue weighted by molar-refractivity contribution is 5.95. The summed E-state index contributed by atoms with van der Waals surface area (Å²) < 4.78 is 0. The molecule has 11 N–H and O–H groups in total. The van der Waals surface area contributed by atoms with E-state index in [0.29, 0.717) is 12.8 Å². The van der Waals surface area contributed by atoms with Gasteiger partial charge >= 0.3 is 17.9 Å². The Bertz CT molecular complexity index is 745. The predicted octanol–water partition coefficient (Wildman–Crippen LogP) is -3.30. The maximum Gasteiger partial charge on any atom is 0.326 e. The van der Waals surface area contributed by atoms with Crippen molar-refractivity contribution in [3.63, 3.8) is 0 Å². The first kappa shape index (κ1) is 30.7. The predicted molar refractivity (Wildman–Crippen MR) is 115 cm³/mol. The van der Waals surface area contributed by atoms with Crippen molar-refractivity contribution in [3.05, 3.63) is 0 Å². The van der Waals surface area contributed by atoms with E-state index >= 15 is 0 Å². The summed E-state index contributed by atoms with van der Waals surface area (Å²) in [5, 5.41) is 43.0. The van der Waals surface area contributed by atoms with Crippen LogP contribution in [0.4, 0.5) is 0 Å². The molecule has 0 aliphatic rings. The van der Waals surface area contributed by atoms with Gasteiger partial charge in [0.1, 0.15) is 24.2 Å². The number of carboxylic acid groups (broad SMARTS) is 3. The van der Waals surface area contributed by atoms with Crippen molar-refractivity contribution >= 4 is 35.6 Å². The molecule has 15 nitrogen and oxygen atoms in total. The van der Waals surface area contributed by atoms with Crippen LogP contribution in [0, 0.1) is 0 Å². The van der Waals surface area contributed by atoms with Gasteiger partial charge in [-0.05, 0) is 39.2 Å². The van der Waals surface area contributed by atoms with Gasteiger partial charge < -0.3 is 47.8 Å². The van der Waals surface area contributed by atoms with Crippen molar-refractivity contribution in [3.8, 4) is 0 Å². The summed E-state index contributed by atoms with van der Waals surface area (Å²) >= 11 is 0. The van der Waals surface area contributed by atoms with E-state index in [-0.39, 0.29) is 13.0 Å². The number of hydrogen-bond acceptors (Lipinski definition) is 9. The standard InChI is InChI=1S/C19H33N5O10/c1-9(25)15(21)18(32)24-12(8-14(28)29)17(31)22-10(4-2-3-7-20)16(30)23-11(19(33)34)5-6-13(26)27/h9-12,15,25H,2-8,20-21H2,1H3,(H,22,31)(H,23,30)(H,24,32)(H,26,27)(H,28,29)(H,33,34). The minimum absolute atomic E-state index is 0.000961. The van der Waals surface area contributed by atoms with E-state index in [4.69, 9.17) is 21.7 Å². The normalized spacial score (nSPS) is 15.2. The summed E-state index contributed by atoms with van der Waals surface area (Å²) in [5.41, 5.74) is 10.9. The molecule has 34 heavy (non-hydrogen) atoms.